The summed E-state index contributed by atoms with van der Waals surface area (Å²) in [6, 6.07) is 57.8. The molecule has 214 valence electrons. The Bertz CT molecular complexity index is 2480. The van der Waals surface area contributed by atoms with Gasteiger partial charge in [0.25, 0.3) is 0 Å². The van der Waals surface area contributed by atoms with Gasteiger partial charge in [0.1, 0.15) is 0 Å². The molecule has 0 aliphatic rings. The Balaban J connectivity index is 0.935. The van der Waals surface area contributed by atoms with Gasteiger partial charge in [0.2, 0.25) is 0 Å². The van der Waals surface area contributed by atoms with Crippen LogP contribution in [0.4, 0.5) is 0 Å². The molecule has 0 nitrogen and oxygen atoms in total. The third-order valence-electron chi connectivity index (χ3n) is 9.24. The van der Waals surface area contributed by atoms with Crippen LogP contribution in [0.15, 0.2) is 158 Å². The highest BCUT2D eigenvalue weighted by molar-refractivity contribution is 6.06. The zero-order valence-corrected chi connectivity index (χ0v) is 25.3. The largest absolute Gasteiger partial charge is 0.0616 e. The molecule has 0 N–H and O–H groups in total. The summed E-state index contributed by atoms with van der Waals surface area (Å²) in [5, 5.41) is 15.3. The van der Waals surface area contributed by atoms with Gasteiger partial charge in [0.15, 0.2) is 0 Å². The highest BCUT2D eigenvalue weighted by Gasteiger charge is 2.04. The van der Waals surface area contributed by atoms with Gasteiger partial charge in [0, 0.05) is 0 Å². The maximum absolute atomic E-state index is 2.31. The van der Waals surface area contributed by atoms with Crippen LogP contribution in [0.5, 0.6) is 0 Å². The fourth-order valence-electron chi connectivity index (χ4n) is 6.73. The number of fused-ring (bicyclic) bond motifs is 6. The van der Waals surface area contributed by atoms with Gasteiger partial charge >= 0.3 is 0 Å². The molecule has 9 rings (SSSR count). The van der Waals surface area contributed by atoms with E-state index in [1.54, 1.807) is 0 Å². The Morgan fingerprint density at radius 2 is 0.435 bits per heavy atom. The second kappa shape index (κ2) is 10.9. The summed E-state index contributed by atoms with van der Waals surface area (Å²) in [6.07, 6.45) is 8.80. The molecule has 0 heterocycles. The van der Waals surface area contributed by atoms with Crippen LogP contribution < -0.4 is 0 Å². The monoisotopic (exact) mass is 582 g/mol. The Hall–Kier alpha value is -5.98. The molecular formula is C46H30. The van der Waals surface area contributed by atoms with Crippen molar-refractivity contribution in [2.45, 2.75) is 0 Å². The standard InChI is InChI=1S/C46H30/c1-3-7-37-25-45-29-41-21-33(17-19-39(41)27-43(45)23-35(37)5-1)15-13-31-9-11-32(12-10-31)14-16-34-18-20-40-28-44-24-36-6-2-4-8-38(36)26-46(44)30-42(40)22-34/h1-30H. The lowest BCUT2D eigenvalue weighted by atomic mass is 9.98. The third-order valence-corrected chi connectivity index (χ3v) is 9.24. The van der Waals surface area contributed by atoms with Crippen LogP contribution in [0.3, 0.4) is 0 Å². The fraction of sp³-hybridized carbons (Fsp3) is 0. The predicted octanol–water partition coefficient (Wildman–Crippen LogP) is 12.9. The molecule has 0 spiro atoms. The van der Waals surface area contributed by atoms with E-state index in [1.165, 1.54) is 86.9 Å². The van der Waals surface area contributed by atoms with Gasteiger partial charge in [-0.2, -0.15) is 0 Å². The Morgan fingerprint density at radius 1 is 0.196 bits per heavy atom. The van der Waals surface area contributed by atoms with Crippen molar-refractivity contribution in [3.63, 3.8) is 0 Å². The zero-order chi connectivity index (χ0) is 30.5. The van der Waals surface area contributed by atoms with Gasteiger partial charge in [-0.3, -0.25) is 0 Å². The number of rotatable bonds is 4. The smallest absolute Gasteiger partial charge is 0.0171 e. The van der Waals surface area contributed by atoms with E-state index in [0.717, 1.165) is 0 Å². The summed E-state index contributed by atoms with van der Waals surface area (Å²) in [4.78, 5) is 0. The van der Waals surface area contributed by atoms with Crippen molar-refractivity contribution in [3.8, 4) is 0 Å². The molecular weight excluding hydrogens is 553 g/mol. The molecule has 0 bridgehead atoms. The van der Waals surface area contributed by atoms with E-state index in [9.17, 15) is 0 Å². The maximum Gasteiger partial charge on any atom is -0.0171 e. The summed E-state index contributed by atoms with van der Waals surface area (Å²) in [5.41, 5.74) is 4.78. The average molecular weight is 583 g/mol. The minimum absolute atomic E-state index is 1.19. The first kappa shape index (κ1) is 26.4. The highest BCUT2D eigenvalue weighted by atomic mass is 14.1. The van der Waals surface area contributed by atoms with Gasteiger partial charge in [-0.15, -0.1) is 0 Å². The van der Waals surface area contributed by atoms with E-state index in [-0.39, 0.29) is 0 Å². The van der Waals surface area contributed by atoms with E-state index >= 15 is 0 Å². The van der Waals surface area contributed by atoms with Crippen LogP contribution >= 0.6 is 0 Å². The van der Waals surface area contributed by atoms with Crippen molar-refractivity contribution >= 4 is 88.9 Å². The summed E-state index contributed by atoms with van der Waals surface area (Å²) in [6.45, 7) is 0. The van der Waals surface area contributed by atoms with Gasteiger partial charge in [0.05, 0.1) is 0 Å². The van der Waals surface area contributed by atoms with E-state index in [2.05, 4.69) is 182 Å². The van der Waals surface area contributed by atoms with Crippen molar-refractivity contribution in [1.82, 2.24) is 0 Å². The maximum atomic E-state index is 2.31. The molecule has 0 aliphatic heterocycles. The topological polar surface area (TPSA) is 0 Å². The van der Waals surface area contributed by atoms with E-state index in [4.69, 9.17) is 0 Å². The van der Waals surface area contributed by atoms with Crippen molar-refractivity contribution < 1.29 is 0 Å². The molecule has 0 saturated heterocycles. The average Bonchev–Trinajstić information content (AvgIpc) is 3.10. The fourth-order valence-corrected chi connectivity index (χ4v) is 6.73. The van der Waals surface area contributed by atoms with Gasteiger partial charge in [-0.25, -0.2) is 0 Å². The van der Waals surface area contributed by atoms with Crippen molar-refractivity contribution in [3.05, 3.63) is 180 Å². The Kier molecular flexibility index (Phi) is 6.25. The Labute approximate surface area is 268 Å². The number of hydrogen-bond acceptors (Lipinski definition) is 0. The van der Waals surface area contributed by atoms with E-state index in [0.29, 0.717) is 0 Å². The minimum atomic E-state index is 1.19. The van der Waals surface area contributed by atoms with Crippen LogP contribution in [-0.4, -0.2) is 0 Å². The molecule has 46 heavy (non-hydrogen) atoms. The summed E-state index contributed by atoms with van der Waals surface area (Å²) >= 11 is 0. The summed E-state index contributed by atoms with van der Waals surface area (Å²) in [5.74, 6) is 0. The molecule has 0 radical (unpaired) electrons. The van der Waals surface area contributed by atoms with Crippen LogP contribution in [-0.2, 0) is 0 Å². The van der Waals surface area contributed by atoms with Crippen molar-refractivity contribution in [2.75, 3.05) is 0 Å². The van der Waals surface area contributed by atoms with Crippen LogP contribution in [0.1, 0.15) is 22.3 Å². The van der Waals surface area contributed by atoms with Crippen LogP contribution in [0.25, 0.3) is 88.9 Å². The third kappa shape index (κ3) is 5.01. The first-order valence-electron chi connectivity index (χ1n) is 15.9. The molecule has 0 saturated carbocycles. The first-order chi connectivity index (χ1) is 22.7. The van der Waals surface area contributed by atoms with Gasteiger partial charge in [-0.05, 0) is 148 Å². The predicted molar refractivity (Wildman–Crippen MR) is 202 cm³/mol. The van der Waals surface area contributed by atoms with E-state index < -0.39 is 0 Å². The lowest BCUT2D eigenvalue weighted by Gasteiger charge is -2.06. The van der Waals surface area contributed by atoms with Gasteiger partial charge in [-0.1, -0.05) is 121 Å². The van der Waals surface area contributed by atoms with E-state index in [1.807, 2.05) is 0 Å². The normalized spacial score (nSPS) is 12.2. The lowest BCUT2D eigenvalue weighted by Crippen LogP contribution is -1.81. The van der Waals surface area contributed by atoms with Crippen LogP contribution in [0.2, 0.25) is 0 Å². The molecule has 0 aromatic heterocycles. The quantitative estimate of drug-likeness (QED) is 0.143. The van der Waals surface area contributed by atoms with Crippen LogP contribution in [0, 0.1) is 0 Å². The van der Waals surface area contributed by atoms with Crippen molar-refractivity contribution in [2.24, 2.45) is 0 Å². The molecule has 0 unspecified atom stereocenters. The summed E-state index contributed by atoms with van der Waals surface area (Å²) < 4.78 is 0. The SMILES string of the molecule is C(=Cc1ccc2cc3cc4ccccc4cc3cc2c1)c1ccc(C=Cc2ccc3cc4cc5ccccc5cc4cc3c2)cc1. The number of benzene rings is 9. The second-order valence-corrected chi connectivity index (χ2v) is 12.3. The first-order valence-corrected chi connectivity index (χ1v) is 15.9. The minimum Gasteiger partial charge on any atom is -0.0616 e. The molecule has 9 aromatic carbocycles. The highest BCUT2D eigenvalue weighted by Crippen LogP contribution is 2.30. The number of hydrogen-bond donors (Lipinski definition) is 0. The molecule has 0 amide bonds. The molecule has 0 fully saturated rings. The lowest BCUT2D eigenvalue weighted by molar-refractivity contribution is 1.62. The molecule has 0 heteroatoms. The molecule has 9 aromatic rings. The molecule has 0 atom stereocenters. The second-order valence-electron chi connectivity index (χ2n) is 12.3. The van der Waals surface area contributed by atoms with Crippen molar-refractivity contribution in [1.29, 1.82) is 0 Å². The Morgan fingerprint density at radius 3 is 0.783 bits per heavy atom. The molecule has 0 aliphatic carbocycles. The zero-order valence-electron chi connectivity index (χ0n) is 25.3. The summed E-state index contributed by atoms with van der Waals surface area (Å²) in [7, 11) is 0. The van der Waals surface area contributed by atoms with Gasteiger partial charge < -0.3 is 0 Å².